The van der Waals surface area contributed by atoms with E-state index in [-0.39, 0.29) is 25.0 Å². The number of carbonyl (C=O) groups is 2. The van der Waals surface area contributed by atoms with Gasteiger partial charge in [-0.1, -0.05) is 23.2 Å². The summed E-state index contributed by atoms with van der Waals surface area (Å²) in [6.45, 7) is 0.977. The molecule has 1 aliphatic rings. The average Bonchev–Trinajstić information content (AvgIpc) is 2.71. The minimum Gasteiger partial charge on any atom is -0.483 e. The van der Waals surface area contributed by atoms with Crippen LogP contribution in [0.1, 0.15) is 30.4 Å². The van der Waals surface area contributed by atoms with Gasteiger partial charge in [0.15, 0.2) is 13.2 Å². The van der Waals surface area contributed by atoms with Crippen molar-refractivity contribution in [2.45, 2.75) is 25.7 Å². The van der Waals surface area contributed by atoms with Gasteiger partial charge in [-0.15, -0.1) is 0 Å². The molecule has 0 atom stereocenters. The maximum atomic E-state index is 12.1. The van der Waals surface area contributed by atoms with Crippen LogP contribution >= 0.6 is 23.2 Å². The van der Waals surface area contributed by atoms with Crippen molar-refractivity contribution >= 4 is 35.0 Å². The van der Waals surface area contributed by atoms with Gasteiger partial charge in [-0.25, -0.2) is 0 Å². The van der Waals surface area contributed by atoms with Crippen LogP contribution < -0.4 is 20.1 Å². The zero-order chi connectivity index (χ0) is 21.3. The second-order valence-corrected chi connectivity index (χ2v) is 7.89. The van der Waals surface area contributed by atoms with Crippen molar-refractivity contribution in [2.24, 2.45) is 0 Å². The molecule has 0 bridgehead atoms. The monoisotopic (exact) mass is 450 g/mol. The number of ether oxygens (including phenoxy) is 2. The van der Waals surface area contributed by atoms with E-state index in [1.165, 1.54) is 0 Å². The highest BCUT2D eigenvalue weighted by Gasteiger charge is 2.14. The van der Waals surface area contributed by atoms with E-state index in [9.17, 15) is 9.59 Å². The highest BCUT2D eigenvalue weighted by molar-refractivity contribution is 6.31. The van der Waals surface area contributed by atoms with E-state index in [1.54, 1.807) is 36.4 Å². The summed E-state index contributed by atoms with van der Waals surface area (Å²) in [7, 11) is 0. The smallest absolute Gasteiger partial charge is 0.257 e. The topological polar surface area (TPSA) is 76.7 Å². The average molecular weight is 451 g/mol. The van der Waals surface area contributed by atoms with Crippen LogP contribution in [0.3, 0.4) is 0 Å². The fraction of sp³-hybridized carbons (Fsp3) is 0.364. The van der Waals surface area contributed by atoms with Gasteiger partial charge in [-0.3, -0.25) is 9.59 Å². The molecule has 0 aliphatic carbocycles. The Balaban J connectivity index is 1.86. The van der Waals surface area contributed by atoms with Crippen LogP contribution in [0.25, 0.3) is 0 Å². The standard InChI is InChI=1S/C22H24Cl2N2O4/c23-17-4-6-19-15(11-17)10-16-12-18(24)5-7-20(16)30-14-22(28)26-9-3-1-2-8-25-21(27)13-29-19/h4-7,11-12H,1-3,8-10,13-14H2,(H,25,27)(H,26,28). The number of hydrogen-bond donors (Lipinski definition) is 2. The summed E-state index contributed by atoms with van der Waals surface area (Å²) in [5, 5.41) is 6.79. The first-order valence-corrected chi connectivity index (χ1v) is 10.6. The van der Waals surface area contributed by atoms with E-state index < -0.39 is 0 Å². The summed E-state index contributed by atoms with van der Waals surface area (Å²) in [4.78, 5) is 24.2. The molecule has 1 heterocycles. The lowest BCUT2D eigenvalue weighted by molar-refractivity contribution is -0.123. The lowest BCUT2D eigenvalue weighted by atomic mass is 10.0. The first-order valence-electron chi connectivity index (χ1n) is 9.87. The fourth-order valence-corrected chi connectivity index (χ4v) is 3.52. The Morgan fingerprint density at radius 2 is 1.17 bits per heavy atom. The summed E-state index contributed by atoms with van der Waals surface area (Å²) >= 11 is 12.4. The zero-order valence-electron chi connectivity index (χ0n) is 16.5. The molecule has 0 aromatic heterocycles. The molecular formula is C22H24Cl2N2O4. The van der Waals surface area contributed by atoms with Crippen LogP contribution in [0.15, 0.2) is 36.4 Å². The van der Waals surface area contributed by atoms with Crippen LogP contribution in [0, 0.1) is 0 Å². The van der Waals surface area contributed by atoms with E-state index in [0.717, 1.165) is 30.4 Å². The summed E-state index contributed by atoms with van der Waals surface area (Å²) in [5.74, 6) is 0.743. The Morgan fingerprint density at radius 3 is 1.63 bits per heavy atom. The molecule has 0 saturated carbocycles. The predicted octanol–water partition coefficient (Wildman–Crippen LogP) is 3.76. The molecule has 2 amide bonds. The van der Waals surface area contributed by atoms with Crippen LogP contribution in [0.5, 0.6) is 11.5 Å². The molecule has 2 aromatic carbocycles. The van der Waals surface area contributed by atoms with Gasteiger partial charge in [-0.05, 0) is 55.7 Å². The quantitative estimate of drug-likeness (QED) is 0.640. The molecule has 2 N–H and O–H groups in total. The number of hydrogen-bond acceptors (Lipinski definition) is 4. The van der Waals surface area contributed by atoms with Crippen LogP contribution in [0.4, 0.5) is 0 Å². The van der Waals surface area contributed by atoms with Crippen molar-refractivity contribution in [1.29, 1.82) is 0 Å². The van der Waals surface area contributed by atoms with Gasteiger partial charge in [0.2, 0.25) is 0 Å². The molecule has 1 aliphatic heterocycles. The minimum atomic E-state index is -0.183. The van der Waals surface area contributed by atoms with Gasteiger partial charge in [0.25, 0.3) is 11.8 Å². The first kappa shape index (κ1) is 22.2. The van der Waals surface area contributed by atoms with Gasteiger partial charge in [0.1, 0.15) is 11.5 Å². The Hall–Kier alpha value is -2.44. The highest BCUT2D eigenvalue weighted by atomic mass is 35.5. The molecule has 30 heavy (non-hydrogen) atoms. The second kappa shape index (κ2) is 11.1. The summed E-state index contributed by atoms with van der Waals surface area (Å²) in [5.41, 5.74) is 1.57. The van der Waals surface area contributed by atoms with Crippen molar-refractivity contribution in [2.75, 3.05) is 26.3 Å². The summed E-state index contributed by atoms with van der Waals surface area (Å²) in [6, 6.07) is 10.5. The number of nitrogens with one attached hydrogen (secondary N) is 2. The molecule has 0 saturated heterocycles. The summed E-state index contributed by atoms with van der Waals surface area (Å²) in [6.07, 6.45) is 2.97. The fourth-order valence-electron chi connectivity index (χ4n) is 3.13. The minimum absolute atomic E-state index is 0.0798. The second-order valence-electron chi connectivity index (χ2n) is 7.02. The number of benzene rings is 2. The van der Waals surface area contributed by atoms with Crippen LogP contribution in [-0.2, 0) is 16.0 Å². The lowest BCUT2D eigenvalue weighted by Gasteiger charge is -2.16. The lowest BCUT2D eigenvalue weighted by Crippen LogP contribution is -2.31. The molecule has 0 radical (unpaired) electrons. The predicted molar refractivity (Wildman–Crippen MR) is 117 cm³/mol. The number of carbonyl (C=O) groups excluding carboxylic acids is 2. The van der Waals surface area contributed by atoms with Crippen molar-refractivity contribution in [1.82, 2.24) is 10.6 Å². The molecule has 6 nitrogen and oxygen atoms in total. The molecule has 8 heteroatoms. The largest absolute Gasteiger partial charge is 0.483 e. The Morgan fingerprint density at radius 1 is 0.700 bits per heavy atom. The van der Waals surface area contributed by atoms with E-state index in [4.69, 9.17) is 32.7 Å². The SMILES string of the molecule is O=C1COc2ccc(Cl)cc2Cc2cc(Cl)ccc2OCC(=O)NCCCCCN1. The molecule has 0 fully saturated rings. The number of fused-ring (bicyclic) bond motifs is 2. The first-order chi connectivity index (χ1) is 14.5. The zero-order valence-corrected chi connectivity index (χ0v) is 18.0. The maximum absolute atomic E-state index is 12.1. The molecule has 0 unspecified atom stereocenters. The number of rotatable bonds is 0. The third kappa shape index (κ3) is 6.82. The Kier molecular flexibility index (Phi) is 8.22. The van der Waals surface area contributed by atoms with Crippen molar-refractivity contribution in [3.8, 4) is 11.5 Å². The van der Waals surface area contributed by atoms with Gasteiger partial charge in [0.05, 0.1) is 0 Å². The number of halogens is 2. The van der Waals surface area contributed by atoms with Crippen molar-refractivity contribution in [3.05, 3.63) is 57.6 Å². The van der Waals surface area contributed by atoms with Gasteiger partial charge in [-0.2, -0.15) is 0 Å². The van der Waals surface area contributed by atoms with Crippen molar-refractivity contribution in [3.63, 3.8) is 0 Å². The maximum Gasteiger partial charge on any atom is 0.257 e. The van der Waals surface area contributed by atoms with Crippen LogP contribution in [-0.4, -0.2) is 38.1 Å². The molecule has 0 spiro atoms. The Labute approximate surface area is 185 Å². The normalized spacial score (nSPS) is 16.5. The van der Waals surface area contributed by atoms with E-state index in [0.29, 0.717) is 41.1 Å². The van der Waals surface area contributed by atoms with E-state index in [1.807, 2.05) is 0 Å². The third-order valence-electron chi connectivity index (χ3n) is 4.64. The summed E-state index contributed by atoms with van der Waals surface area (Å²) < 4.78 is 11.5. The van der Waals surface area contributed by atoms with E-state index >= 15 is 0 Å². The third-order valence-corrected chi connectivity index (χ3v) is 5.11. The highest BCUT2D eigenvalue weighted by Crippen LogP contribution is 2.30. The molecular weight excluding hydrogens is 427 g/mol. The van der Waals surface area contributed by atoms with Gasteiger partial charge < -0.3 is 20.1 Å². The van der Waals surface area contributed by atoms with Gasteiger partial charge in [0, 0.05) is 40.7 Å². The molecule has 3 rings (SSSR count). The van der Waals surface area contributed by atoms with Crippen LogP contribution in [0.2, 0.25) is 10.0 Å². The van der Waals surface area contributed by atoms with Crippen molar-refractivity contribution < 1.29 is 19.1 Å². The Bertz CT molecular complexity index is 833. The molecule has 160 valence electrons. The molecule has 2 aromatic rings. The van der Waals surface area contributed by atoms with Gasteiger partial charge >= 0.3 is 0 Å². The van der Waals surface area contributed by atoms with E-state index in [2.05, 4.69) is 10.6 Å². The number of amides is 2.